The second-order valence-corrected chi connectivity index (χ2v) is 7.19. The first-order chi connectivity index (χ1) is 14.0. The predicted octanol–water partition coefficient (Wildman–Crippen LogP) is 2.25. The highest BCUT2D eigenvalue weighted by Gasteiger charge is 2.34. The van der Waals surface area contributed by atoms with E-state index in [0.29, 0.717) is 25.1 Å². The highest BCUT2D eigenvalue weighted by Crippen LogP contribution is 2.23. The van der Waals surface area contributed by atoms with E-state index in [9.17, 15) is 14.7 Å². The highest BCUT2D eigenvalue weighted by atomic mass is 16.3. The summed E-state index contributed by atoms with van der Waals surface area (Å²) in [7, 11) is 1.79. The van der Waals surface area contributed by atoms with E-state index >= 15 is 0 Å². The van der Waals surface area contributed by atoms with Gasteiger partial charge in [0.1, 0.15) is 11.8 Å². The molecule has 2 N–H and O–H groups in total. The van der Waals surface area contributed by atoms with Gasteiger partial charge in [-0.25, -0.2) is 0 Å². The number of hydrogen-bond donors (Lipinski definition) is 2. The number of hydrogen-bond acceptors (Lipinski definition) is 4. The Hall–Kier alpha value is -3.61. The van der Waals surface area contributed by atoms with Crippen molar-refractivity contribution in [1.82, 2.24) is 15.1 Å². The Morgan fingerprint density at radius 1 is 1.21 bits per heavy atom. The second-order valence-electron chi connectivity index (χ2n) is 7.19. The first-order valence-electron chi connectivity index (χ1n) is 9.48. The number of anilines is 1. The van der Waals surface area contributed by atoms with Crippen LogP contribution in [0.1, 0.15) is 27.9 Å². The molecule has 0 spiro atoms. The average molecular weight is 390 g/mol. The van der Waals surface area contributed by atoms with Crippen LogP contribution in [-0.2, 0) is 18.3 Å². The van der Waals surface area contributed by atoms with Crippen LogP contribution in [-0.4, -0.2) is 39.3 Å². The maximum Gasteiger partial charge on any atom is 0.255 e. The average Bonchev–Trinajstić information content (AvgIpc) is 3.30. The number of phenolic OH excluding ortho intramolecular Hbond substituents is 1. The number of aromatic nitrogens is 2. The molecule has 0 radical (unpaired) electrons. The zero-order valence-corrected chi connectivity index (χ0v) is 16.1. The van der Waals surface area contributed by atoms with Gasteiger partial charge < -0.3 is 15.3 Å². The summed E-state index contributed by atoms with van der Waals surface area (Å²) < 4.78 is 1.63. The summed E-state index contributed by atoms with van der Waals surface area (Å²) >= 11 is 0. The number of aromatic hydroxyl groups is 1. The molecule has 1 aromatic heterocycles. The van der Waals surface area contributed by atoms with Gasteiger partial charge in [0.25, 0.3) is 5.91 Å². The summed E-state index contributed by atoms with van der Waals surface area (Å²) in [6.07, 6.45) is 4.55. The van der Waals surface area contributed by atoms with E-state index in [1.807, 2.05) is 30.3 Å². The predicted molar refractivity (Wildman–Crippen MR) is 109 cm³/mol. The van der Waals surface area contributed by atoms with Crippen molar-refractivity contribution in [1.29, 1.82) is 0 Å². The molecule has 7 heteroatoms. The van der Waals surface area contributed by atoms with Gasteiger partial charge in [0.2, 0.25) is 5.91 Å². The van der Waals surface area contributed by atoms with Gasteiger partial charge in [-0.3, -0.25) is 14.3 Å². The van der Waals surface area contributed by atoms with E-state index < -0.39 is 11.9 Å². The van der Waals surface area contributed by atoms with Crippen LogP contribution in [0.5, 0.6) is 5.75 Å². The zero-order valence-electron chi connectivity index (χ0n) is 16.1. The lowest BCUT2D eigenvalue weighted by Crippen LogP contribution is -2.41. The minimum atomic E-state index is -0.625. The molecule has 2 amide bonds. The van der Waals surface area contributed by atoms with Gasteiger partial charge in [0.05, 0.1) is 17.4 Å². The van der Waals surface area contributed by atoms with Crippen molar-refractivity contribution in [2.45, 2.75) is 18.9 Å². The Balaban J connectivity index is 1.47. The van der Waals surface area contributed by atoms with E-state index in [1.165, 1.54) is 6.07 Å². The third kappa shape index (κ3) is 3.99. The molecule has 0 saturated carbocycles. The van der Waals surface area contributed by atoms with Gasteiger partial charge in [-0.2, -0.15) is 5.10 Å². The SMILES string of the molecule is Cn1cc(N2CCC(NC(=O)c3cc(Cc4ccccc4)ccc3O)C2=O)cn1. The Bertz CT molecular complexity index is 1050. The molecule has 1 saturated heterocycles. The number of phenols is 1. The van der Waals surface area contributed by atoms with Gasteiger partial charge in [-0.1, -0.05) is 36.4 Å². The topological polar surface area (TPSA) is 87.5 Å². The lowest BCUT2D eigenvalue weighted by atomic mass is 10.0. The quantitative estimate of drug-likeness (QED) is 0.700. The van der Waals surface area contributed by atoms with Crippen LogP contribution in [0.15, 0.2) is 60.9 Å². The van der Waals surface area contributed by atoms with Crippen molar-refractivity contribution in [3.63, 3.8) is 0 Å². The Morgan fingerprint density at radius 3 is 2.72 bits per heavy atom. The highest BCUT2D eigenvalue weighted by molar-refractivity contribution is 6.04. The summed E-state index contributed by atoms with van der Waals surface area (Å²) in [5, 5.41) is 17.0. The van der Waals surface area contributed by atoms with Crippen molar-refractivity contribution >= 4 is 17.5 Å². The maximum absolute atomic E-state index is 12.8. The smallest absolute Gasteiger partial charge is 0.255 e. The van der Waals surface area contributed by atoms with E-state index in [1.54, 1.807) is 41.2 Å². The second kappa shape index (κ2) is 7.79. The van der Waals surface area contributed by atoms with Crippen LogP contribution in [0.4, 0.5) is 5.69 Å². The van der Waals surface area contributed by atoms with E-state index in [2.05, 4.69) is 10.4 Å². The molecule has 148 valence electrons. The molecule has 2 aromatic carbocycles. The van der Waals surface area contributed by atoms with Crippen LogP contribution in [0.25, 0.3) is 0 Å². The third-order valence-corrected chi connectivity index (χ3v) is 5.07. The number of carbonyl (C=O) groups excluding carboxylic acids is 2. The van der Waals surface area contributed by atoms with E-state index in [4.69, 9.17) is 0 Å². The molecule has 1 fully saturated rings. The molecule has 3 aromatic rings. The first-order valence-corrected chi connectivity index (χ1v) is 9.48. The van der Waals surface area contributed by atoms with Crippen molar-refractivity contribution in [2.24, 2.45) is 7.05 Å². The molecule has 1 unspecified atom stereocenters. The molecule has 0 bridgehead atoms. The summed E-state index contributed by atoms with van der Waals surface area (Å²) in [5.74, 6) is -0.732. The Labute approximate surface area is 168 Å². The number of rotatable bonds is 5. The fourth-order valence-corrected chi connectivity index (χ4v) is 3.56. The van der Waals surface area contributed by atoms with Crippen molar-refractivity contribution in [3.05, 3.63) is 77.6 Å². The molecule has 1 aliphatic rings. The molecule has 2 heterocycles. The standard InChI is InChI=1S/C22H22N4O3/c1-25-14-17(13-23-25)26-10-9-19(22(26)29)24-21(28)18-12-16(7-8-20(18)27)11-15-5-3-2-4-6-15/h2-8,12-14,19,27H,9-11H2,1H3,(H,24,28). The van der Waals surface area contributed by atoms with E-state index in [0.717, 1.165) is 11.1 Å². The molecule has 1 aliphatic heterocycles. The van der Waals surface area contributed by atoms with Crippen LogP contribution in [0.2, 0.25) is 0 Å². The number of amides is 2. The number of carbonyl (C=O) groups is 2. The maximum atomic E-state index is 12.8. The number of nitrogens with zero attached hydrogens (tertiary/aromatic N) is 3. The molecular weight excluding hydrogens is 368 g/mol. The summed E-state index contributed by atoms with van der Waals surface area (Å²) in [4.78, 5) is 27.1. The minimum Gasteiger partial charge on any atom is -0.507 e. The van der Waals surface area contributed by atoms with Gasteiger partial charge in [-0.05, 0) is 36.1 Å². The fourth-order valence-electron chi connectivity index (χ4n) is 3.56. The Kier molecular flexibility index (Phi) is 5.03. The number of benzene rings is 2. The van der Waals surface area contributed by atoms with Crippen LogP contribution in [0, 0.1) is 0 Å². The van der Waals surface area contributed by atoms with E-state index in [-0.39, 0.29) is 17.2 Å². The summed E-state index contributed by atoms with van der Waals surface area (Å²) in [6, 6.07) is 14.3. The third-order valence-electron chi connectivity index (χ3n) is 5.07. The molecule has 4 rings (SSSR count). The molecule has 0 aliphatic carbocycles. The van der Waals surface area contributed by atoms with Crippen molar-refractivity contribution in [2.75, 3.05) is 11.4 Å². The summed E-state index contributed by atoms with van der Waals surface area (Å²) in [6.45, 7) is 0.509. The first kappa shape index (κ1) is 18.7. The molecule has 1 atom stereocenters. The molecular formula is C22H22N4O3. The van der Waals surface area contributed by atoms with Crippen LogP contribution >= 0.6 is 0 Å². The largest absolute Gasteiger partial charge is 0.507 e. The normalized spacial score (nSPS) is 16.2. The monoisotopic (exact) mass is 390 g/mol. The van der Waals surface area contributed by atoms with Gasteiger partial charge in [0.15, 0.2) is 0 Å². The van der Waals surface area contributed by atoms with Gasteiger partial charge in [-0.15, -0.1) is 0 Å². The van der Waals surface area contributed by atoms with Crippen molar-refractivity contribution in [3.8, 4) is 5.75 Å². The lowest BCUT2D eigenvalue weighted by Gasteiger charge is -2.15. The molecule has 29 heavy (non-hydrogen) atoms. The van der Waals surface area contributed by atoms with Crippen molar-refractivity contribution < 1.29 is 14.7 Å². The van der Waals surface area contributed by atoms with Gasteiger partial charge in [0, 0.05) is 19.8 Å². The minimum absolute atomic E-state index is 0.103. The van der Waals surface area contributed by atoms with Crippen LogP contribution in [0.3, 0.4) is 0 Å². The number of nitrogens with one attached hydrogen (secondary N) is 1. The van der Waals surface area contributed by atoms with Crippen LogP contribution < -0.4 is 10.2 Å². The molecule has 7 nitrogen and oxygen atoms in total. The Morgan fingerprint density at radius 2 is 2.00 bits per heavy atom. The summed E-state index contributed by atoms with van der Waals surface area (Å²) in [5.41, 5.74) is 2.91. The zero-order chi connectivity index (χ0) is 20.4. The lowest BCUT2D eigenvalue weighted by molar-refractivity contribution is -0.118. The van der Waals surface area contributed by atoms with Gasteiger partial charge >= 0.3 is 0 Å². The fraction of sp³-hybridized carbons (Fsp3) is 0.227. The number of aryl methyl sites for hydroxylation is 1.